The molecule has 0 radical (unpaired) electrons. The van der Waals surface area contributed by atoms with E-state index in [4.69, 9.17) is 0 Å². The summed E-state index contributed by atoms with van der Waals surface area (Å²) >= 11 is 3.31. The van der Waals surface area contributed by atoms with Gasteiger partial charge < -0.3 is 5.32 Å². The van der Waals surface area contributed by atoms with Crippen LogP contribution >= 0.6 is 15.9 Å². The van der Waals surface area contributed by atoms with Crippen molar-refractivity contribution in [3.8, 4) is 11.3 Å². The average Bonchev–Trinajstić information content (AvgIpc) is 2.56. The number of amides is 1. The van der Waals surface area contributed by atoms with E-state index in [0.29, 0.717) is 22.6 Å². The highest BCUT2D eigenvalue weighted by Crippen LogP contribution is 2.20. The minimum Gasteiger partial charge on any atom is -0.305 e. The van der Waals surface area contributed by atoms with Gasteiger partial charge in [0, 0.05) is 15.6 Å². The number of aromatic nitrogens is 2. The Hall–Kier alpha value is -2.60. The minimum absolute atomic E-state index is 0.292. The Labute approximate surface area is 140 Å². The molecule has 1 amide bonds. The van der Waals surface area contributed by atoms with Crippen LogP contribution in [0.3, 0.4) is 0 Å². The molecular weight excluding hydrogens is 361 g/mol. The number of rotatable bonds is 3. The normalized spacial score (nSPS) is 10.3. The van der Waals surface area contributed by atoms with Crippen molar-refractivity contribution in [2.75, 3.05) is 5.32 Å². The predicted molar refractivity (Wildman–Crippen MR) is 89.5 cm³/mol. The predicted octanol–water partition coefficient (Wildman–Crippen LogP) is 4.30. The molecule has 0 unspecified atom stereocenters. The van der Waals surface area contributed by atoms with E-state index in [1.807, 2.05) is 6.07 Å². The Morgan fingerprint density at radius 2 is 1.83 bits per heavy atom. The molecule has 114 valence electrons. The van der Waals surface area contributed by atoms with Gasteiger partial charge in [0.1, 0.15) is 5.82 Å². The van der Waals surface area contributed by atoms with Crippen LogP contribution in [0.5, 0.6) is 0 Å². The molecule has 0 aliphatic carbocycles. The van der Waals surface area contributed by atoms with Crippen molar-refractivity contribution < 1.29 is 9.18 Å². The monoisotopic (exact) mass is 371 g/mol. The lowest BCUT2D eigenvalue weighted by molar-refractivity contribution is 0.102. The zero-order valence-corrected chi connectivity index (χ0v) is 13.4. The first-order valence-corrected chi connectivity index (χ1v) is 7.58. The Morgan fingerprint density at radius 1 is 1.00 bits per heavy atom. The summed E-state index contributed by atoms with van der Waals surface area (Å²) in [5.41, 5.74) is 1.27. The SMILES string of the molecule is O=C(Nc1ccc(-c2ccccc2F)nn1)c1cccc(Br)c1. The lowest BCUT2D eigenvalue weighted by atomic mass is 10.1. The standard InChI is InChI=1S/C17H11BrFN3O/c18-12-5-3-4-11(10-12)17(23)20-16-9-8-15(21-22-16)13-6-1-2-7-14(13)19/h1-10H,(H,20,22,23). The first kappa shape index (κ1) is 15.3. The molecule has 0 atom stereocenters. The highest BCUT2D eigenvalue weighted by molar-refractivity contribution is 9.10. The van der Waals surface area contributed by atoms with E-state index in [2.05, 4.69) is 31.4 Å². The number of nitrogens with one attached hydrogen (secondary N) is 1. The molecule has 0 saturated heterocycles. The van der Waals surface area contributed by atoms with Gasteiger partial charge in [-0.1, -0.05) is 34.1 Å². The summed E-state index contributed by atoms with van der Waals surface area (Å²) in [4.78, 5) is 12.1. The molecule has 1 heterocycles. The number of carbonyl (C=O) groups excluding carboxylic acids is 1. The van der Waals surface area contributed by atoms with Crippen LogP contribution in [0.1, 0.15) is 10.4 Å². The van der Waals surface area contributed by atoms with Crippen molar-refractivity contribution in [3.63, 3.8) is 0 Å². The molecule has 3 rings (SSSR count). The van der Waals surface area contributed by atoms with Crippen LogP contribution in [-0.4, -0.2) is 16.1 Å². The third-order valence-corrected chi connectivity index (χ3v) is 3.64. The summed E-state index contributed by atoms with van der Waals surface area (Å²) in [5.74, 6) is -0.359. The molecule has 0 aliphatic heterocycles. The molecule has 23 heavy (non-hydrogen) atoms. The van der Waals surface area contributed by atoms with Crippen molar-refractivity contribution in [2.45, 2.75) is 0 Å². The lowest BCUT2D eigenvalue weighted by Crippen LogP contribution is -2.13. The molecule has 4 nitrogen and oxygen atoms in total. The summed E-state index contributed by atoms with van der Waals surface area (Å²) in [7, 11) is 0. The van der Waals surface area contributed by atoms with Crippen molar-refractivity contribution in [3.05, 3.63) is 76.5 Å². The molecule has 0 saturated carbocycles. The maximum atomic E-state index is 13.7. The van der Waals surface area contributed by atoms with Gasteiger partial charge in [0.05, 0.1) is 5.69 Å². The molecule has 0 bridgehead atoms. The van der Waals surface area contributed by atoms with E-state index in [1.54, 1.807) is 48.5 Å². The van der Waals surface area contributed by atoms with E-state index in [0.717, 1.165) is 4.47 Å². The topological polar surface area (TPSA) is 54.9 Å². The first-order chi connectivity index (χ1) is 11.1. The Morgan fingerprint density at radius 3 is 2.52 bits per heavy atom. The van der Waals surface area contributed by atoms with E-state index in [1.165, 1.54) is 6.07 Å². The third kappa shape index (κ3) is 3.60. The summed E-state index contributed by atoms with van der Waals surface area (Å²) in [6.07, 6.45) is 0. The number of nitrogens with zero attached hydrogens (tertiary/aromatic N) is 2. The van der Waals surface area contributed by atoms with Crippen molar-refractivity contribution in [2.24, 2.45) is 0 Å². The van der Waals surface area contributed by atoms with Gasteiger partial charge in [-0.05, 0) is 42.5 Å². The highest BCUT2D eigenvalue weighted by Gasteiger charge is 2.09. The Bertz CT molecular complexity index is 852. The molecular formula is C17H11BrFN3O. The zero-order valence-electron chi connectivity index (χ0n) is 11.8. The smallest absolute Gasteiger partial charge is 0.256 e. The third-order valence-electron chi connectivity index (χ3n) is 3.14. The average molecular weight is 372 g/mol. The number of benzene rings is 2. The van der Waals surface area contributed by atoms with Crippen molar-refractivity contribution in [1.82, 2.24) is 10.2 Å². The first-order valence-electron chi connectivity index (χ1n) is 6.79. The van der Waals surface area contributed by atoms with Gasteiger partial charge in [0.15, 0.2) is 5.82 Å². The molecule has 6 heteroatoms. The van der Waals surface area contributed by atoms with Crippen LogP contribution in [0.4, 0.5) is 10.2 Å². The summed E-state index contributed by atoms with van der Waals surface area (Å²) < 4.78 is 14.5. The molecule has 1 aromatic heterocycles. The molecule has 0 spiro atoms. The second-order valence-electron chi connectivity index (χ2n) is 4.75. The maximum absolute atomic E-state index is 13.7. The summed E-state index contributed by atoms with van der Waals surface area (Å²) in [5, 5.41) is 10.5. The molecule has 3 aromatic rings. The second kappa shape index (κ2) is 6.66. The molecule has 1 N–H and O–H groups in total. The van der Waals surface area contributed by atoms with E-state index in [-0.39, 0.29) is 11.7 Å². The van der Waals surface area contributed by atoms with Gasteiger partial charge in [-0.25, -0.2) is 4.39 Å². The van der Waals surface area contributed by atoms with Crippen LogP contribution < -0.4 is 5.32 Å². The zero-order chi connectivity index (χ0) is 16.2. The fourth-order valence-electron chi connectivity index (χ4n) is 2.03. The number of hydrogen-bond donors (Lipinski definition) is 1. The number of carbonyl (C=O) groups is 1. The van der Waals surface area contributed by atoms with E-state index in [9.17, 15) is 9.18 Å². The number of hydrogen-bond acceptors (Lipinski definition) is 3. The number of anilines is 1. The van der Waals surface area contributed by atoms with Crippen LogP contribution in [0.15, 0.2) is 65.1 Å². The van der Waals surface area contributed by atoms with Gasteiger partial charge >= 0.3 is 0 Å². The quantitative estimate of drug-likeness (QED) is 0.746. The lowest BCUT2D eigenvalue weighted by Gasteiger charge is -2.06. The molecule has 2 aromatic carbocycles. The fraction of sp³-hybridized carbons (Fsp3) is 0. The highest BCUT2D eigenvalue weighted by atomic mass is 79.9. The van der Waals surface area contributed by atoms with E-state index >= 15 is 0 Å². The van der Waals surface area contributed by atoms with Gasteiger partial charge in [-0.3, -0.25) is 4.79 Å². The largest absolute Gasteiger partial charge is 0.305 e. The van der Waals surface area contributed by atoms with Crippen LogP contribution in [0.25, 0.3) is 11.3 Å². The fourth-order valence-corrected chi connectivity index (χ4v) is 2.43. The van der Waals surface area contributed by atoms with Gasteiger partial charge in [0.25, 0.3) is 5.91 Å². The Kier molecular flexibility index (Phi) is 4.43. The van der Waals surface area contributed by atoms with Crippen molar-refractivity contribution in [1.29, 1.82) is 0 Å². The molecule has 0 aliphatic rings. The number of halogens is 2. The summed E-state index contributed by atoms with van der Waals surface area (Å²) in [6.45, 7) is 0. The van der Waals surface area contributed by atoms with Crippen molar-refractivity contribution >= 4 is 27.7 Å². The molecule has 0 fully saturated rings. The Balaban J connectivity index is 1.78. The van der Waals surface area contributed by atoms with Crippen LogP contribution in [-0.2, 0) is 0 Å². The summed E-state index contributed by atoms with van der Waals surface area (Å²) in [6, 6.07) is 16.5. The maximum Gasteiger partial charge on any atom is 0.256 e. The van der Waals surface area contributed by atoms with E-state index < -0.39 is 0 Å². The van der Waals surface area contributed by atoms with Gasteiger partial charge in [-0.2, -0.15) is 0 Å². The van der Waals surface area contributed by atoms with Gasteiger partial charge in [0.2, 0.25) is 0 Å². The van der Waals surface area contributed by atoms with Gasteiger partial charge in [-0.15, -0.1) is 10.2 Å². The van der Waals surface area contributed by atoms with Crippen LogP contribution in [0, 0.1) is 5.82 Å². The second-order valence-corrected chi connectivity index (χ2v) is 5.66. The van der Waals surface area contributed by atoms with Crippen LogP contribution in [0.2, 0.25) is 0 Å². The minimum atomic E-state index is -0.368.